The molecule has 0 aliphatic heterocycles. The van der Waals surface area contributed by atoms with Crippen LogP contribution >= 0.6 is 0 Å². The molecule has 0 bridgehead atoms. The van der Waals surface area contributed by atoms with Crippen molar-refractivity contribution < 1.29 is 4.79 Å². The number of rotatable bonds is 4. The quantitative estimate of drug-likeness (QED) is 0.586. The fourth-order valence-corrected chi connectivity index (χ4v) is 2.62. The lowest BCUT2D eigenvalue weighted by molar-refractivity contribution is 0.102. The summed E-state index contributed by atoms with van der Waals surface area (Å²) in [5.74, 6) is 0.508. The SMILES string of the molecule is O=C(Nc1cccc(Nc2ncnc3ccccc23)c1)c1cccnc1. The Kier molecular flexibility index (Phi) is 4.22. The van der Waals surface area contributed by atoms with E-state index >= 15 is 0 Å². The van der Waals surface area contributed by atoms with E-state index in [9.17, 15) is 4.79 Å². The van der Waals surface area contributed by atoms with Crippen molar-refractivity contribution in [2.45, 2.75) is 0 Å². The van der Waals surface area contributed by atoms with Gasteiger partial charge in [-0.15, -0.1) is 0 Å². The number of aromatic nitrogens is 3. The number of para-hydroxylation sites is 1. The van der Waals surface area contributed by atoms with E-state index in [1.54, 1.807) is 18.3 Å². The lowest BCUT2D eigenvalue weighted by Gasteiger charge is -2.10. The maximum Gasteiger partial charge on any atom is 0.257 e. The third-order valence-electron chi connectivity index (χ3n) is 3.85. The number of carbonyl (C=O) groups excluding carboxylic acids is 1. The maximum absolute atomic E-state index is 12.3. The molecule has 0 aliphatic carbocycles. The second-order valence-corrected chi connectivity index (χ2v) is 5.64. The highest BCUT2D eigenvalue weighted by Crippen LogP contribution is 2.24. The second kappa shape index (κ2) is 6.98. The minimum absolute atomic E-state index is 0.206. The first kappa shape index (κ1) is 15.7. The van der Waals surface area contributed by atoms with Crippen LogP contribution in [-0.2, 0) is 0 Å². The Morgan fingerprint density at radius 1 is 0.885 bits per heavy atom. The average molecular weight is 341 g/mol. The van der Waals surface area contributed by atoms with E-state index in [0.717, 1.165) is 16.6 Å². The standard InChI is InChI=1S/C20H15N5O/c26-20(14-5-4-10-21-12-14)25-16-7-3-6-15(11-16)24-19-17-8-1-2-9-18(17)22-13-23-19/h1-13H,(H,25,26)(H,22,23,24). The summed E-state index contributed by atoms with van der Waals surface area (Å²) in [7, 11) is 0. The van der Waals surface area contributed by atoms with Gasteiger partial charge in [-0.25, -0.2) is 9.97 Å². The number of amides is 1. The van der Waals surface area contributed by atoms with Crippen molar-refractivity contribution in [1.82, 2.24) is 15.0 Å². The molecule has 0 atom stereocenters. The molecule has 4 rings (SSSR count). The van der Waals surface area contributed by atoms with Gasteiger partial charge in [0.05, 0.1) is 11.1 Å². The van der Waals surface area contributed by atoms with Gasteiger partial charge in [-0.1, -0.05) is 18.2 Å². The van der Waals surface area contributed by atoms with Crippen molar-refractivity contribution in [2.75, 3.05) is 10.6 Å². The smallest absolute Gasteiger partial charge is 0.257 e. The average Bonchev–Trinajstić information content (AvgIpc) is 2.69. The van der Waals surface area contributed by atoms with Crippen LogP contribution < -0.4 is 10.6 Å². The van der Waals surface area contributed by atoms with E-state index in [2.05, 4.69) is 25.6 Å². The van der Waals surface area contributed by atoms with Crippen LogP contribution in [0.3, 0.4) is 0 Å². The first-order chi connectivity index (χ1) is 12.8. The number of anilines is 3. The first-order valence-corrected chi connectivity index (χ1v) is 8.08. The van der Waals surface area contributed by atoms with Gasteiger partial charge in [0.25, 0.3) is 5.91 Å². The molecule has 0 saturated carbocycles. The Hall–Kier alpha value is -3.80. The van der Waals surface area contributed by atoms with Crippen molar-refractivity contribution >= 4 is 34.0 Å². The van der Waals surface area contributed by atoms with Crippen LogP contribution in [-0.4, -0.2) is 20.9 Å². The molecule has 126 valence electrons. The molecule has 2 heterocycles. The number of fused-ring (bicyclic) bond motifs is 1. The molecule has 6 heteroatoms. The Labute approximate surface area is 150 Å². The summed E-state index contributed by atoms with van der Waals surface area (Å²) in [6.45, 7) is 0. The van der Waals surface area contributed by atoms with E-state index in [1.807, 2.05) is 48.5 Å². The Morgan fingerprint density at radius 2 is 1.77 bits per heavy atom. The molecule has 2 aromatic carbocycles. The van der Waals surface area contributed by atoms with Crippen LogP contribution in [0.2, 0.25) is 0 Å². The Balaban J connectivity index is 1.57. The molecule has 2 N–H and O–H groups in total. The number of hydrogen-bond donors (Lipinski definition) is 2. The van der Waals surface area contributed by atoms with Crippen molar-refractivity contribution in [3.8, 4) is 0 Å². The van der Waals surface area contributed by atoms with Crippen LogP contribution in [0.15, 0.2) is 79.4 Å². The predicted molar refractivity (Wildman–Crippen MR) is 101 cm³/mol. The minimum Gasteiger partial charge on any atom is -0.340 e. The van der Waals surface area contributed by atoms with Gasteiger partial charge in [-0.05, 0) is 42.5 Å². The van der Waals surface area contributed by atoms with E-state index in [0.29, 0.717) is 17.1 Å². The molecule has 26 heavy (non-hydrogen) atoms. The van der Waals surface area contributed by atoms with Crippen LogP contribution in [0.25, 0.3) is 10.9 Å². The second-order valence-electron chi connectivity index (χ2n) is 5.64. The molecular weight excluding hydrogens is 326 g/mol. The third kappa shape index (κ3) is 3.34. The van der Waals surface area contributed by atoms with Gasteiger partial charge in [-0.2, -0.15) is 0 Å². The van der Waals surface area contributed by atoms with Crippen LogP contribution in [0.1, 0.15) is 10.4 Å². The van der Waals surface area contributed by atoms with E-state index < -0.39 is 0 Å². The third-order valence-corrected chi connectivity index (χ3v) is 3.85. The number of benzene rings is 2. The van der Waals surface area contributed by atoms with Gasteiger partial charge in [0.15, 0.2) is 0 Å². The molecule has 0 saturated heterocycles. The molecule has 2 aromatic heterocycles. The minimum atomic E-state index is -0.206. The lowest BCUT2D eigenvalue weighted by atomic mass is 10.2. The normalized spacial score (nSPS) is 10.5. The van der Waals surface area contributed by atoms with Crippen molar-refractivity contribution in [3.05, 3.63) is 84.9 Å². The van der Waals surface area contributed by atoms with Gasteiger partial charge in [0.2, 0.25) is 0 Å². The summed E-state index contributed by atoms with van der Waals surface area (Å²) < 4.78 is 0. The molecule has 1 amide bonds. The van der Waals surface area contributed by atoms with Gasteiger partial charge in [0.1, 0.15) is 12.1 Å². The zero-order valence-corrected chi connectivity index (χ0v) is 13.8. The lowest BCUT2D eigenvalue weighted by Crippen LogP contribution is -2.12. The van der Waals surface area contributed by atoms with Crippen molar-refractivity contribution in [3.63, 3.8) is 0 Å². The fraction of sp³-hybridized carbons (Fsp3) is 0. The summed E-state index contributed by atoms with van der Waals surface area (Å²) in [5, 5.41) is 7.09. The Bertz CT molecular complexity index is 1060. The summed E-state index contributed by atoms with van der Waals surface area (Å²) in [6.07, 6.45) is 4.69. The van der Waals surface area contributed by atoms with Crippen LogP contribution in [0.4, 0.5) is 17.2 Å². The zero-order chi connectivity index (χ0) is 17.8. The molecule has 0 unspecified atom stereocenters. The zero-order valence-electron chi connectivity index (χ0n) is 13.8. The highest BCUT2D eigenvalue weighted by molar-refractivity contribution is 6.04. The monoisotopic (exact) mass is 341 g/mol. The largest absolute Gasteiger partial charge is 0.340 e. The van der Waals surface area contributed by atoms with Crippen LogP contribution in [0.5, 0.6) is 0 Å². The van der Waals surface area contributed by atoms with E-state index in [-0.39, 0.29) is 5.91 Å². The highest BCUT2D eigenvalue weighted by Gasteiger charge is 2.07. The predicted octanol–water partition coefficient (Wildman–Crippen LogP) is 4.02. The fourth-order valence-electron chi connectivity index (χ4n) is 2.62. The molecule has 4 aromatic rings. The maximum atomic E-state index is 12.3. The number of nitrogens with zero attached hydrogens (tertiary/aromatic N) is 3. The first-order valence-electron chi connectivity index (χ1n) is 8.08. The molecule has 6 nitrogen and oxygen atoms in total. The summed E-state index contributed by atoms with van der Waals surface area (Å²) in [4.78, 5) is 24.8. The molecule has 0 radical (unpaired) electrons. The number of hydrogen-bond acceptors (Lipinski definition) is 5. The number of carbonyl (C=O) groups is 1. The summed E-state index contributed by atoms with van der Waals surface area (Å²) in [6, 6.07) is 18.7. The molecular formula is C20H15N5O. The van der Waals surface area contributed by atoms with Gasteiger partial charge < -0.3 is 10.6 Å². The Morgan fingerprint density at radius 3 is 2.65 bits per heavy atom. The van der Waals surface area contributed by atoms with E-state index in [4.69, 9.17) is 0 Å². The van der Waals surface area contributed by atoms with Crippen molar-refractivity contribution in [1.29, 1.82) is 0 Å². The summed E-state index contributed by atoms with van der Waals surface area (Å²) >= 11 is 0. The highest BCUT2D eigenvalue weighted by atomic mass is 16.1. The van der Waals surface area contributed by atoms with Gasteiger partial charge in [0, 0.05) is 29.2 Å². The van der Waals surface area contributed by atoms with Crippen LogP contribution in [0, 0.1) is 0 Å². The molecule has 0 spiro atoms. The van der Waals surface area contributed by atoms with Gasteiger partial charge in [-0.3, -0.25) is 9.78 Å². The van der Waals surface area contributed by atoms with Crippen molar-refractivity contribution in [2.24, 2.45) is 0 Å². The summed E-state index contributed by atoms with van der Waals surface area (Å²) in [5.41, 5.74) is 2.87. The molecule has 0 aliphatic rings. The topological polar surface area (TPSA) is 79.8 Å². The number of pyridine rings is 1. The molecule has 0 fully saturated rings. The number of nitrogens with one attached hydrogen (secondary N) is 2. The van der Waals surface area contributed by atoms with E-state index in [1.165, 1.54) is 12.5 Å². The van der Waals surface area contributed by atoms with Gasteiger partial charge >= 0.3 is 0 Å².